The van der Waals surface area contributed by atoms with E-state index in [4.69, 9.17) is 9.66 Å². The molecule has 0 saturated carbocycles. The van der Waals surface area contributed by atoms with Crippen molar-refractivity contribution in [1.82, 2.24) is 0 Å². The second kappa shape index (κ2) is 4.44. The molecule has 2 rings (SSSR count). The molecule has 0 aliphatic carbocycles. The van der Waals surface area contributed by atoms with Crippen LogP contribution in [-0.4, -0.2) is 18.1 Å². The van der Waals surface area contributed by atoms with Crippen molar-refractivity contribution in [1.29, 1.82) is 0 Å². The summed E-state index contributed by atoms with van der Waals surface area (Å²) in [5.74, 6) is -0.400. The monoisotopic (exact) mass is 252 g/mol. The lowest BCUT2D eigenvalue weighted by Gasteiger charge is -2.06. The number of aliphatic hydroxyl groups is 1. The number of rotatable bonds is 3. The Morgan fingerprint density at radius 3 is 2.53 bits per heavy atom. The Morgan fingerprint density at radius 1 is 1.12 bits per heavy atom. The standard InChI is InChI=1S/C12H12O4S/c13-7-9-4-5-12-10(6-9)2-1-3-11(12)8-17(14,15)16/h1-6,13H,7-8H2,(H,14,15,16). The minimum Gasteiger partial charge on any atom is -0.392 e. The van der Waals surface area contributed by atoms with Crippen molar-refractivity contribution in [2.45, 2.75) is 12.4 Å². The number of hydrogen-bond donors (Lipinski definition) is 2. The van der Waals surface area contributed by atoms with Gasteiger partial charge in [0, 0.05) is 0 Å². The number of fused-ring (bicyclic) bond motifs is 1. The van der Waals surface area contributed by atoms with Crippen LogP contribution in [0.1, 0.15) is 11.1 Å². The van der Waals surface area contributed by atoms with Crippen LogP contribution in [0.15, 0.2) is 36.4 Å². The molecule has 0 aliphatic rings. The largest absolute Gasteiger partial charge is 0.392 e. The van der Waals surface area contributed by atoms with E-state index < -0.39 is 15.9 Å². The van der Waals surface area contributed by atoms with Crippen molar-refractivity contribution in [2.75, 3.05) is 0 Å². The fraction of sp³-hybridized carbons (Fsp3) is 0.167. The van der Waals surface area contributed by atoms with Gasteiger partial charge in [0.25, 0.3) is 10.1 Å². The lowest BCUT2D eigenvalue weighted by Crippen LogP contribution is -2.02. The smallest absolute Gasteiger partial charge is 0.269 e. The van der Waals surface area contributed by atoms with Crippen LogP contribution in [0.2, 0.25) is 0 Å². The van der Waals surface area contributed by atoms with E-state index in [1.165, 1.54) is 0 Å². The van der Waals surface area contributed by atoms with Gasteiger partial charge in [-0.05, 0) is 28.0 Å². The van der Waals surface area contributed by atoms with Crippen molar-refractivity contribution in [3.63, 3.8) is 0 Å². The Hall–Kier alpha value is -1.43. The van der Waals surface area contributed by atoms with Gasteiger partial charge in [0.2, 0.25) is 0 Å². The van der Waals surface area contributed by atoms with Crippen LogP contribution < -0.4 is 0 Å². The van der Waals surface area contributed by atoms with Crippen LogP contribution in [0.3, 0.4) is 0 Å². The quantitative estimate of drug-likeness (QED) is 0.816. The van der Waals surface area contributed by atoms with Crippen LogP contribution in [0.4, 0.5) is 0 Å². The molecule has 0 atom stereocenters. The molecule has 0 heterocycles. The Labute approximate surface area is 99.3 Å². The first-order valence-corrected chi connectivity index (χ1v) is 6.67. The average Bonchev–Trinajstić information content (AvgIpc) is 2.26. The molecule has 0 bridgehead atoms. The van der Waals surface area contributed by atoms with Crippen molar-refractivity contribution in [3.05, 3.63) is 47.5 Å². The summed E-state index contributed by atoms with van der Waals surface area (Å²) in [6, 6.07) is 10.5. The van der Waals surface area contributed by atoms with Crippen molar-refractivity contribution < 1.29 is 18.1 Å². The van der Waals surface area contributed by atoms with Gasteiger partial charge in [-0.3, -0.25) is 4.55 Å². The molecule has 90 valence electrons. The Kier molecular flexibility index (Phi) is 3.15. The van der Waals surface area contributed by atoms with Gasteiger partial charge in [0.05, 0.1) is 6.61 Å². The normalized spacial score (nSPS) is 11.9. The molecule has 17 heavy (non-hydrogen) atoms. The van der Waals surface area contributed by atoms with E-state index in [9.17, 15) is 8.42 Å². The van der Waals surface area contributed by atoms with E-state index in [-0.39, 0.29) is 6.61 Å². The third-order valence-corrected chi connectivity index (χ3v) is 3.23. The van der Waals surface area contributed by atoms with E-state index in [1.807, 2.05) is 6.07 Å². The molecular weight excluding hydrogens is 240 g/mol. The summed E-state index contributed by atoms with van der Waals surface area (Å²) in [4.78, 5) is 0. The topological polar surface area (TPSA) is 74.6 Å². The molecule has 5 heteroatoms. The zero-order valence-corrected chi connectivity index (χ0v) is 9.81. The van der Waals surface area contributed by atoms with Gasteiger partial charge in [-0.2, -0.15) is 8.42 Å². The van der Waals surface area contributed by atoms with Gasteiger partial charge in [-0.1, -0.05) is 30.3 Å². The van der Waals surface area contributed by atoms with Crippen LogP contribution >= 0.6 is 0 Å². The van der Waals surface area contributed by atoms with Crippen LogP contribution in [-0.2, 0) is 22.5 Å². The molecule has 2 aromatic rings. The summed E-state index contributed by atoms with van der Waals surface area (Å²) in [6.45, 7) is -0.0571. The predicted molar refractivity (Wildman–Crippen MR) is 65.1 cm³/mol. The highest BCUT2D eigenvalue weighted by Gasteiger charge is 2.09. The van der Waals surface area contributed by atoms with Gasteiger partial charge < -0.3 is 5.11 Å². The van der Waals surface area contributed by atoms with Crippen LogP contribution in [0.25, 0.3) is 10.8 Å². The molecule has 2 N–H and O–H groups in total. The lowest BCUT2D eigenvalue weighted by molar-refractivity contribution is 0.282. The van der Waals surface area contributed by atoms with Gasteiger partial charge in [0.15, 0.2) is 0 Å². The lowest BCUT2D eigenvalue weighted by atomic mass is 10.0. The van der Waals surface area contributed by atoms with E-state index in [1.54, 1.807) is 30.3 Å². The van der Waals surface area contributed by atoms with E-state index >= 15 is 0 Å². The highest BCUT2D eigenvalue weighted by molar-refractivity contribution is 7.85. The summed E-state index contributed by atoms with van der Waals surface area (Å²) >= 11 is 0. The molecule has 0 saturated heterocycles. The SMILES string of the molecule is O=S(=O)(O)Cc1cccc2cc(CO)ccc12. The zero-order chi connectivity index (χ0) is 12.5. The van der Waals surface area contributed by atoms with E-state index in [0.29, 0.717) is 5.56 Å². The highest BCUT2D eigenvalue weighted by atomic mass is 32.2. The molecule has 0 fully saturated rings. The summed E-state index contributed by atoms with van der Waals surface area (Å²) in [5.41, 5.74) is 1.32. The molecule has 0 aromatic heterocycles. The van der Waals surface area contributed by atoms with Crippen molar-refractivity contribution >= 4 is 20.9 Å². The predicted octanol–water partition coefficient (Wildman–Crippen LogP) is 1.72. The molecule has 0 radical (unpaired) electrons. The number of aliphatic hydroxyl groups excluding tert-OH is 1. The highest BCUT2D eigenvalue weighted by Crippen LogP contribution is 2.22. The van der Waals surface area contributed by atoms with Crippen LogP contribution in [0, 0.1) is 0 Å². The molecule has 4 nitrogen and oxygen atoms in total. The van der Waals surface area contributed by atoms with Crippen molar-refractivity contribution in [2.24, 2.45) is 0 Å². The first kappa shape index (κ1) is 12.0. The van der Waals surface area contributed by atoms with Gasteiger partial charge in [0.1, 0.15) is 5.75 Å². The number of hydrogen-bond acceptors (Lipinski definition) is 3. The van der Waals surface area contributed by atoms with Gasteiger partial charge in [-0.25, -0.2) is 0 Å². The average molecular weight is 252 g/mol. The third-order valence-electron chi connectivity index (χ3n) is 2.56. The van der Waals surface area contributed by atoms with E-state index in [0.717, 1.165) is 16.3 Å². The molecule has 0 aliphatic heterocycles. The summed E-state index contributed by atoms with van der Waals surface area (Å²) < 4.78 is 30.6. The maximum Gasteiger partial charge on any atom is 0.269 e. The Balaban J connectivity index is 2.58. The Bertz CT molecular complexity index is 647. The minimum absolute atomic E-state index is 0.0571. The third kappa shape index (κ3) is 2.82. The molecule has 0 spiro atoms. The second-order valence-corrected chi connectivity index (χ2v) is 5.31. The maximum absolute atomic E-state index is 10.9. The molecule has 2 aromatic carbocycles. The van der Waals surface area contributed by atoms with Gasteiger partial charge in [-0.15, -0.1) is 0 Å². The number of benzene rings is 2. The maximum atomic E-state index is 10.9. The van der Waals surface area contributed by atoms with Crippen LogP contribution in [0.5, 0.6) is 0 Å². The molecule has 0 unspecified atom stereocenters. The van der Waals surface area contributed by atoms with Crippen molar-refractivity contribution in [3.8, 4) is 0 Å². The van der Waals surface area contributed by atoms with E-state index in [2.05, 4.69) is 0 Å². The summed E-state index contributed by atoms with van der Waals surface area (Å²) in [5, 5.41) is 10.6. The summed E-state index contributed by atoms with van der Waals surface area (Å²) in [6.07, 6.45) is 0. The summed E-state index contributed by atoms with van der Waals surface area (Å²) in [7, 11) is -4.03. The van der Waals surface area contributed by atoms with Gasteiger partial charge >= 0.3 is 0 Å². The molecule has 0 amide bonds. The fourth-order valence-electron chi connectivity index (χ4n) is 1.82. The fourth-order valence-corrected chi connectivity index (χ4v) is 2.47. The Morgan fingerprint density at radius 2 is 1.88 bits per heavy atom. The first-order valence-electron chi connectivity index (χ1n) is 5.06. The second-order valence-electron chi connectivity index (χ2n) is 3.86. The molecular formula is C12H12O4S. The zero-order valence-electron chi connectivity index (χ0n) is 9.00. The minimum atomic E-state index is -4.03. The first-order chi connectivity index (χ1) is 7.99.